The fraction of sp³-hybridized carbons (Fsp3) is 0.727. The Morgan fingerprint density at radius 2 is 2.25 bits per heavy atom. The van der Waals surface area contributed by atoms with Crippen LogP contribution in [0, 0.1) is 30.1 Å². The molecule has 3 atom stereocenters. The second-order valence-electron chi connectivity index (χ2n) is 4.13. The highest BCUT2D eigenvalue weighted by molar-refractivity contribution is 5.83. The minimum atomic E-state index is 0.324. The van der Waals surface area contributed by atoms with Gasteiger partial charge in [0.05, 0.1) is 6.42 Å². The maximum Gasteiger partial charge on any atom is 0.148 e. The molecule has 0 heterocycles. The molecule has 0 aromatic heterocycles. The van der Waals surface area contributed by atoms with Gasteiger partial charge in [0.15, 0.2) is 0 Å². The summed E-state index contributed by atoms with van der Waals surface area (Å²) in [5.41, 5.74) is 0. The third-order valence-corrected chi connectivity index (χ3v) is 3.43. The Labute approximate surface area is 73.5 Å². The van der Waals surface area contributed by atoms with Crippen molar-refractivity contribution in [2.45, 2.75) is 32.1 Å². The Balaban J connectivity index is 1.99. The van der Waals surface area contributed by atoms with Gasteiger partial charge in [0, 0.05) is 5.92 Å². The van der Waals surface area contributed by atoms with Crippen LogP contribution in [0.15, 0.2) is 0 Å². The smallest absolute Gasteiger partial charge is 0.148 e. The van der Waals surface area contributed by atoms with Crippen LogP contribution in [0.2, 0.25) is 0 Å². The predicted octanol–water partition coefficient (Wildman–Crippen LogP) is 2.02. The molecule has 0 aromatic rings. The number of hydrogen-bond acceptors (Lipinski definition) is 1. The molecule has 0 N–H and O–H groups in total. The van der Waals surface area contributed by atoms with Gasteiger partial charge in [0.1, 0.15) is 5.78 Å². The number of carbonyl (C=O) groups excluding carboxylic acids is 1. The lowest BCUT2D eigenvalue weighted by Crippen LogP contribution is -2.20. The second-order valence-corrected chi connectivity index (χ2v) is 4.13. The van der Waals surface area contributed by atoms with Gasteiger partial charge in [-0.15, -0.1) is 6.42 Å². The second kappa shape index (κ2) is 2.94. The zero-order valence-corrected chi connectivity index (χ0v) is 7.25. The van der Waals surface area contributed by atoms with Crippen LogP contribution in [0.3, 0.4) is 0 Å². The van der Waals surface area contributed by atoms with Crippen LogP contribution in [-0.2, 0) is 4.79 Å². The molecule has 2 saturated carbocycles. The highest BCUT2D eigenvalue weighted by atomic mass is 16.1. The van der Waals surface area contributed by atoms with Crippen molar-refractivity contribution in [1.29, 1.82) is 0 Å². The fourth-order valence-electron chi connectivity index (χ4n) is 2.87. The number of ketones is 1. The largest absolute Gasteiger partial charge is 0.298 e. The number of hydrogen-bond donors (Lipinski definition) is 0. The summed E-state index contributed by atoms with van der Waals surface area (Å²) < 4.78 is 0. The van der Waals surface area contributed by atoms with Crippen molar-refractivity contribution in [3.8, 4) is 12.3 Å². The Morgan fingerprint density at radius 3 is 2.75 bits per heavy atom. The van der Waals surface area contributed by atoms with Crippen LogP contribution in [0.1, 0.15) is 32.1 Å². The third-order valence-electron chi connectivity index (χ3n) is 3.43. The summed E-state index contributed by atoms with van der Waals surface area (Å²) in [6, 6.07) is 0. The van der Waals surface area contributed by atoms with Gasteiger partial charge in [0.25, 0.3) is 0 Å². The lowest BCUT2D eigenvalue weighted by atomic mass is 9.85. The lowest BCUT2D eigenvalue weighted by Gasteiger charge is -2.18. The van der Waals surface area contributed by atoms with E-state index in [-0.39, 0.29) is 0 Å². The number of carbonyl (C=O) groups is 1. The Morgan fingerprint density at radius 1 is 1.42 bits per heavy atom. The van der Waals surface area contributed by atoms with E-state index in [2.05, 4.69) is 5.92 Å². The van der Waals surface area contributed by atoms with E-state index < -0.39 is 0 Å². The van der Waals surface area contributed by atoms with E-state index in [1.54, 1.807) is 0 Å². The number of Topliss-reactive ketones (excluding diaryl/α,β-unsaturated/α-hetero) is 1. The van der Waals surface area contributed by atoms with Crippen LogP contribution in [-0.4, -0.2) is 5.78 Å². The molecule has 1 nitrogen and oxygen atoms in total. The maximum absolute atomic E-state index is 11.5. The minimum absolute atomic E-state index is 0.324. The molecule has 1 heteroatoms. The standard InChI is InChI=1S/C11H14O/c1-2-3-11(12)10-7-8-4-5-9(10)6-8/h1,8-10H,3-7H2. The van der Waals surface area contributed by atoms with Gasteiger partial charge in [0.2, 0.25) is 0 Å². The van der Waals surface area contributed by atoms with E-state index in [1.807, 2.05) is 0 Å². The van der Waals surface area contributed by atoms with Crippen LogP contribution in [0.4, 0.5) is 0 Å². The van der Waals surface area contributed by atoms with Crippen LogP contribution in [0.25, 0.3) is 0 Å². The molecule has 12 heavy (non-hydrogen) atoms. The van der Waals surface area contributed by atoms with Gasteiger partial charge in [-0.3, -0.25) is 4.79 Å². The molecule has 0 aromatic carbocycles. The summed E-state index contributed by atoms with van der Waals surface area (Å²) in [7, 11) is 0. The zero-order valence-electron chi connectivity index (χ0n) is 7.25. The topological polar surface area (TPSA) is 17.1 Å². The van der Waals surface area contributed by atoms with Crippen molar-refractivity contribution in [2.75, 3.05) is 0 Å². The molecule has 0 aliphatic heterocycles. The van der Waals surface area contributed by atoms with Gasteiger partial charge < -0.3 is 0 Å². The summed E-state index contributed by atoms with van der Waals surface area (Å²) >= 11 is 0. The Bertz CT molecular complexity index is 236. The molecule has 3 unspecified atom stereocenters. The van der Waals surface area contributed by atoms with Gasteiger partial charge >= 0.3 is 0 Å². The first-order valence-corrected chi connectivity index (χ1v) is 4.77. The average Bonchev–Trinajstić information content (AvgIpc) is 2.64. The van der Waals surface area contributed by atoms with Crippen molar-refractivity contribution in [1.82, 2.24) is 0 Å². The van der Waals surface area contributed by atoms with Crippen LogP contribution in [0.5, 0.6) is 0 Å². The first-order chi connectivity index (χ1) is 5.81. The molecule has 2 aliphatic carbocycles. The van der Waals surface area contributed by atoms with E-state index in [0.29, 0.717) is 24.0 Å². The minimum Gasteiger partial charge on any atom is -0.298 e. The van der Waals surface area contributed by atoms with E-state index in [9.17, 15) is 4.79 Å². The summed E-state index contributed by atoms with van der Waals surface area (Å²) in [6.45, 7) is 0. The summed E-state index contributed by atoms with van der Waals surface area (Å²) in [6.07, 6.45) is 10.5. The van der Waals surface area contributed by atoms with Crippen molar-refractivity contribution in [3.63, 3.8) is 0 Å². The van der Waals surface area contributed by atoms with Gasteiger partial charge in [-0.25, -0.2) is 0 Å². The Hall–Kier alpha value is -0.770. The fourth-order valence-corrected chi connectivity index (χ4v) is 2.87. The molecule has 0 radical (unpaired) electrons. The first kappa shape index (κ1) is 7.86. The van der Waals surface area contributed by atoms with E-state index in [1.165, 1.54) is 19.3 Å². The monoisotopic (exact) mass is 162 g/mol. The number of rotatable bonds is 2. The molecule has 64 valence electrons. The van der Waals surface area contributed by atoms with Crippen molar-refractivity contribution in [3.05, 3.63) is 0 Å². The molecule has 2 rings (SSSR count). The highest BCUT2D eigenvalue weighted by Gasteiger charge is 2.42. The van der Waals surface area contributed by atoms with Gasteiger partial charge in [-0.1, -0.05) is 12.3 Å². The highest BCUT2D eigenvalue weighted by Crippen LogP contribution is 2.48. The van der Waals surface area contributed by atoms with Crippen LogP contribution < -0.4 is 0 Å². The third kappa shape index (κ3) is 1.16. The van der Waals surface area contributed by atoms with Crippen molar-refractivity contribution >= 4 is 5.78 Å². The molecular formula is C11H14O. The SMILES string of the molecule is C#CCC(=O)C1CC2CCC1C2. The molecule has 2 aliphatic rings. The van der Waals surface area contributed by atoms with Gasteiger partial charge in [-0.2, -0.15) is 0 Å². The lowest BCUT2D eigenvalue weighted by molar-refractivity contribution is -0.123. The molecule has 2 fully saturated rings. The predicted molar refractivity (Wildman–Crippen MR) is 47.4 cm³/mol. The molecule has 0 amide bonds. The molecule has 2 bridgehead atoms. The van der Waals surface area contributed by atoms with E-state index in [0.717, 1.165) is 12.3 Å². The van der Waals surface area contributed by atoms with Crippen LogP contribution >= 0.6 is 0 Å². The van der Waals surface area contributed by atoms with E-state index in [4.69, 9.17) is 6.42 Å². The Kier molecular flexibility index (Phi) is 1.92. The van der Waals surface area contributed by atoms with Gasteiger partial charge in [-0.05, 0) is 31.1 Å². The summed E-state index contributed by atoms with van der Waals surface area (Å²) in [5, 5.41) is 0. The molecular weight excluding hydrogens is 148 g/mol. The van der Waals surface area contributed by atoms with E-state index >= 15 is 0 Å². The zero-order chi connectivity index (χ0) is 8.55. The quantitative estimate of drug-likeness (QED) is 0.568. The van der Waals surface area contributed by atoms with Crippen molar-refractivity contribution < 1.29 is 4.79 Å². The maximum atomic E-state index is 11.5. The summed E-state index contributed by atoms with van der Waals surface area (Å²) in [5.74, 6) is 4.65. The molecule has 0 spiro atoms. The van der Waals surface area contributed by atoms with Crippen molar-refractivity contribution in [2.24, 2.45) is 17.8 Å². The average molecular weight is 162 g/mol. The number of fused-ring (bicyclic) bond motifs is 2. The number of terminal acetylenes is 1. The molecule has 0 saturated heterocycles. The first-order valence-electron chi connectivity index (χ1n) is 4.77. The normalized spacial score (nSPS) is 38.1. The summed E-state index contributed by atoms with van der Waals surface area (Å²) in [4.78, 5) is 11.5.